The molecule has 0 unspecified atom stereocenters. The summed E-state index contributed by atoms with van der Waals surface area (Å²) in [6.07, 6.45) is -3.98. The van der Waals surface area contributed by atoms with Gasteiger partial charge < -0.3 is 19.8 Å². The minimum absolute atomic E-state index is 0.0261. The molecule has 0 bridgehead atoms. The minimum atomic E-state index is -5.16. The van der Waals surface area contributed by atoms with Crippen LogP contribution in [0.5, 0.6) is 0 Å². The first-order chi connectivity index (χ1) is 16.5. The van der Waals surface area contributed by atoms with Gasteiger partial charge in [-0.15, -0.1) is 0 Å². The summed E-state index contributed by atoms with van der Waals surface area (Å²) in [4.78, 5) is 33.4. The maximum atomic E-state index is 13.9. The van der Waals surface area contributed by atoms with Crippen LogP contribution < -0.4 is 16.4 Å². The van der Waals surface area contributed by atoms with E-state index in [0.717, 1.165) is 0 Å². The van der Waals surface area contributed by atoms with Gasteiger partial charge in [-0.3, -0.25) is 4.98 Å². The number of alkyl halides is 3. The fourth-order valence-electron chi connectivity index (χ4n) is 3.22. The molecule has 2 aromatic carbocycles. The van der Waals surface area contributed by atoms with Crippen LogP contribution in [0.4, 0.5) is 40.7 Å². The summed E-state index contributed by atoms with van der Waals surface area (Å²) in [5.74, 6) is -3.30. The molecule has 2 heterocycles. The van der Waals surface area contributed by atoms with E-state index < -0.39 is 24.5 Å². The first-order valence-electron chi connectivity index (χ1n) is 10.0. The number of nitrogens with one attached hydrogen (secondary N) is 3. The van der Waals surface area contributed by atoms with Gasteiger partial charge in [-0.25, -0.2) is 19.0 Å². The van der Waals surface area contributed by atoms with Crippen molar-refractivity contribution >= 4 is 40.2 Å². The molecule has 0 saturated heterocycles. The van der Waals surface area contributed by atoms with Gasteiger partial charge in [0.15, 0.2) is 5.58 Å². The Labute approximate surface area is 194 Å². The molecule has 0 aliphatic rings. The number of aromatic amines is 1. The molecule has 9 nitrogen and oxygen atoms in total. The van der Waals surface area contributed by atoms with Gasteiger partial charge in [0.25, 0.3) is 0 Å². The molecule has 2 aromatic heterocycles. The lowest BCUT2D eigenvalue weighted by Gasteiger charge is -2.14. The summed E-state index contributed by atoms with van der Waals surface area (Å²) < 4.78 is 60.9. The monoisotopic (exact) mass is 491 g/mol. The molecule has 0 fully saturated rings. The number of fused-ring (bicyclic) bond motifs is 1. The molecule has 0 aliphatic carbocycles. The van der Waals surface area contributed by atoms with Crippen molar-refractivity contribution < 1.29 is 31.5 Å². The molecule has 35 heavy (non-hydrogen) atoms. The van der Waals surface area contributed by atoms with Crippen molar-refractivity contribution in [1.29, 1.82) is 0 Å². The highest BCUT2D eigenvalue weighted by molar-refractivity contribution is 5.79. The van der Waals surface area contributed by atoms with Crippen molar-refractivity contribution in [1.82, 2.24) is 15.0 Å². The molecule has 13 heteroatoms. The molecular formula is C22H17F4N5O4. The number of hydrogen-bond acceptors (Lipinski definition) is 8. The molecule has 0 amide bonds. The Bertz CT molecular complexity index is 1460. The number of H-pyrrole nitrogens is 1. The number of benzene rings is 2. The second kappa shape index (κ2) is 9.08. The van der Waals surface area contributed by atoms with Crippen LogP contribution in [0.1, 0.15) is 16.7 Å². The van der Waals surface area contributed by atoms with Gasteiger partial charge in [-0.1, -0.05) is 0 Å². The van der Waals surface area contributed by atoms with E-state index in [1.54, 1.807) is 32.0 Å². The lowest BCUT2D eigenvalue weighted by molar-refractivity contribution is -0.201. The van der Waals surface area contributed by atoms with Crippen molar-refractivity contribution in [2.24, 2.45) is 0 Å². The fourth-order valence-corrected chi connectivity index (χ4v) is 3.22. The Balaban J connectivity index is 1.66. The number of anilines is 4. The number of nitrogens with zero attached hydrogens (tertiary/aromatic N) is 2. The summed E-state index contributed by atoms with van der Waals surface area (Å²) in [6, 6.07) is 7.66. The van der Waals surface area contributed by atoms with Crippen LogP contribution in [0.25, 0.3) is 11.1 Å². The van der Waals surface area contributed by atoms with E-state index in [4.69, 9.17) is 4.42 Å². The van der Waals surface area contributed by atoms with E-state index in [0.29, 0.717) is 33.6 Å². The number of aromatic nitrogens is 3. The van der Waals surface area contributed by atoms with Gasteiger partial charge in [0, 0.05) is 17.6 Å². The average molecular weight is 491 g/mol. The summed E-state index contributed by atoms with van der Waals surface area (Å²) in [7, 11) is 0. The summed E-state index contributed by atoms with van der Waals surface area (Å²) in [5.41, 5.74) is 2.38. The first-order valence-corrected chi connectivity index (χ1v) is 10.0. The lowest BCUT2D eigenvalue weighted by Crippen LogP contribution is -2.25. The van der Waals surface area contributed by atoms with Crippen LogP contribution in [-0.4, -0.2) is 27.1 Å². The summed E-state index contributed by atoms with van der Waals surface area (Å²) in [5, 5.41) is 5.82. The van der Waals surface area contributed by atoms with Crippen molar-refractivity contribution in [3.8, 4) is 0 Å². The van der Waals surface area contributed by atoms with Crippen LogP contribution in [0.3, 0.4) is 0 Å². The maximum absolute atomic E-state index is 13.9. The van der Waals surface area contributed by atoms with E-state index in [1.165, 1.54) is 18.3 Å². The molecular weight excluding hydrogens is 474 g/mol. The van der Waals surface area contributed by atoms with E-state index in [-0.39, 0.29) is 23.1 Å². The van der Waals surface area contributed by atoms with Crippen molar-refractivity contribution in [3.63, 3.8) is 0 Å². The summed E-state index contributed by atoms with van der Waals surface area (Å²) in [6.45, 7) is 2.42. The third-order valence-corrected chi connectivity index (χ3v) is 4.83. The minimum Gasteiger partial charge on any atom is -0.454 e. The first kappa shape index (κ1) is 23.7. The van der Waals surface area contributed by atoms with E-state index in [1.807, 2.05) is 0 Å². The SMILES string of the molecule is Cc1cc(Nc2ncc(COC(=O)C(F)(F)F)c(Nc3ccc4oc(=O)[nH]c4c3)n2)cc(C)c1F. The second-order valence-electron chi connectivity index (χ2n) is 7.54. The van der Waals surface area contributed by atoms with E-state index >= 15 is 0 Å². The number of ether oxygens (including phenoxy) is 1. The molecule has 182 valence electrons. The van der Waals surface area contributed by atoms with Crippen LogP contribution in [0.2, 0.25) is 0 Å². The largest absolute Gasteiger partial charge is 0.490 e. The van der Waals surface area contributed by atoms with E-state index in [2.05, 4.69) is 30.3 Å². The Morgan fingerprint density at radius 2 is 1.83 bits per heavy atom. The number of aryl methyl sites for hydroxylation is 2. The quantitative estimate of drug-likeness (QED) is 0.261. The number of carbonyl (C=O) groups excluding carboxylic acids is 1. The average Bonchev–Trinajstić information content (AvgIpc) is 3.15. The van der Waals surface area contributed by atoms with Gasteiger partial charge in [0.1, 0.15) is 18.2 Å². The number of hydrogen-bond donors (Lipinski definition) is 3. The predicted octanol–water partition coefficient (Wildman–Crippen LogP) is 4.76. The Morgan fingerprint density at radius 1 is 1.11 bits per heavy atom. The molecule has 4 rings (SSSR count). The number of halogens is 4. The number of rotatable bonds is 6. The van der Waals surface area contributed by atoms with Gasteiger partial charge >= 0.3 is 17.9 Å². The highest BCUT2D eigenvalue weighted by Crippen LogP contribution is 2.26. The van der Waals surface area contributed by atoms with Gasteiger partial charge in [0.2, 0.25) is 5.95 Å². The zero-order valence-electron chi connectivity index (χ0n) is 18.2. The molecule has 3 N–H and O–H groups in total. The maximum Gasteiger partial charge on any atom is 0.490 e. The second-order valence-corrected chi connectivity index (χ2v) is 7.54. The fraction of sp³-hybridized carbons (Fsp3) is 0.182. The zero-order chi connectivity index (χ0) is 25.3. The highest BCUT2D eigenvalue weighted by atomic mass is 19.4. The topological polar surface area (TPSA) is 122 Å². The van der Waals surface area contributed by atoms with Crippen LogP contribution in [0.15, 0.2) is 45.7 Å². The standard InChI is InChI=1S/C22H17F4N5O4/c1-10-5-14(6-11(2)17(10)23)29-20-27-8-12(9-34-19(32)22(24,25)26)18(31-20)28-13-3-4-16-15(7-13)30-21(33)35-16/h3-8H,9H2,1-2H3,(H,30,33)(H2,27,28,29,31). The third-order valence-electron chi connectivity index (χ3n) is 4.83. The third kappa shape index (κ3) is 5.39. The molecule has 0 atom stereocenters. The highest BCUT2D eigenvalue weighted by Gasteiger charge is 2.41. The Kier molecular flexibility index (Phi) is 6.16. The van der Waals surface area contributed by atoms with Crippen molar-refractivity contribution in [2.75, 3.05) is 10.6 Å². The lowest BCUT2D eigenvalue weighted by atomic mass is 10.1. The van der Waals surface area contributed by atoms with Crippen LogP contribution in [0, 0.1) is 19.7 Å². The van der Waals surface area contributed by atoms with Gasteiger partial charge in [-0.2, -0.15) is 18.2 Å². The molecule has 4 aromatic rings. The van der Waals surface area contributed by atoms with Crippen molar-refractivity contribution in [3.05, 3.63) is 69.6 Å². The summed E-state index contributed by atoms with van der Waals surface area (Å²) >= 11 is 0. The molecule has 0 spiro atoms. The Hall–Kier alpha value is -4.42. The van der Waals surface area contributed by atoms with Crippen molar-refractivity contribution in [2.45, 2.75) is 26.6 Å². The number of esters is 1. The smallest absolute Gasteiger partial charge is 0.454 e. The van der Waals surface area contributed by atoms with Gasteiger partial charge in [0.05, 0.1) is 11.1 Å². The Morgan fingerprint density at radius 3 is 2.51 bits per heavy atom. The number of carbonyl (C=O) groups is 1. The van der Waals surface area contributed by atoms with Gasteiger partial charge in [-0.05, 0) is 55.3 Å². The molecule has 0 aliphatic heterocycles. The normalized spacial score (nSPS) is 11.5. The number of oxazole rings is 1. The zero-order valence-corrected chi connectivity index (χ0v) is 18.2. The molecule has 0 radical (unpaired) electrons. The molecule has 0 saturated carbocycles. The van der Waals surface area contributed by atoms with Crippen LogP contribution in [-0.2, 0) is 16.1 Å². The van der Waals surface area contributed by atoms with E-state index in [9.17, 15) is 27.2 Å². The van der Waals surface area contributed by atoms with Crippen LogP contribution >= 0.6 is 0 Å². The predicted molar refractivity (Wildman–Crippen MR) is 117 cm³/mol.